The SMILES string of the molecule is COc1ccc(NC(N)=NCc2ccn(C3CCCC3)n2)cc1.I. The van der Waals surface area contributed by atoms with Crippen molar-refractivity contribution in [1.29, 1.82) is 0 Å². The Bertz CT molecular complexity index is 662. The van der Waals surface area contributed by atoms with Gasteiger partial charge in [0.25, 0.3) is 0 Å². The molecule has 0 amide bonds. The predicted molar refractivity (Wildman–Crippen MR) is 107 cm³/mol. The number of guanidine groups is 1. The lowest BCUT2D eigenvalue weighted by Gasteiger charge is -2.08. The average molecular weight is 441 g/mol. The van der Waals surface area contributed by atoms with Crippen LogP contribution in [0, 0.1) is 0 Å². The number of aliphatic imine (C=N–C) groups is 1. The molecule has 0 saturated heterocycles. The van der Waals surface area contributed by atoms with Crippen LogP contribution >= 0.6 is 24.0 Å². The van der Waals surface area contributed by atoms with Gasteiger partial charge >= 0.3 is 0 Å². The van der Waals surface area contributed by atoms with Gasteiger partial charge in [-0.2, -0.15) is 5.10 Å². The van der Waals surface area contributed by atoms with E-state index >= 15 is 0 Å². The van der Waals surface area contributed by atoms with Gasteiger partial charge in [0, 0.05) is 11.9 Å². The summed E-state index contributed by atoms with van der Waals surface area (Å²) in [6.45, 7) is 0.481. The van der Waals surface area contributed by atoms with E-state index in [1.54, 1.807) is 7.11 Å². The Morgan fingerprint density at radius 3 is 2.67 bits per heavy atom. The molecule has 1 fully saturated rings. The average Bonchev–Trinajstić information content (AvgIpc) is 3.25. The molecule has 0 unspecified atom stereocenters. The van der Waals surface area contributed by atoms with Crippen molar-refractivity contribution in [2.45, 2.75) is 38.3 Å². The van der Waals surface area contributed by atoms with Crippen molar-refractivity contribution < 1.29 is 4.74 Å². The zero-order valence-corrected chi connectivity index (χ0v) is 16.1. The van der Waals surface area contributed by atoms with Crippen molar-refractivity contribution in [3.8, 4) is 5.75 Å². The normalized spacial score (nSPS) is 15.1. The molecule has 7 heteroatoms. The number of aromatic nitrogens is 2. The highest BCUT2D eigenvalue weighted by Gasteiger charge is 2.17. The molecular weight excluding hydrogens is 417 g/mol. The van der Waals surface area contributed by atoms with Gasteiger partial charge < -0.3 is 15.8 Å². The minimum absolute atomic E-state index is 0. The van der Waals surface area contributed by atoms with Crippen LogP contribution in [0.4, 0.5) is 5.69 Å². The summed E-state index contributed by atoms with van der Waals surface area (Å²) >= 11 is 0. The largest absolute Gasteiger partial charge is 0.497 e. The van der Waals surface area contributed by atoms with Gasteiger partial charge in [0.2, 0.25) is 0 Å². The van der Waals surface area contributed by atoms with E-state index in [1.165, 1.54) is 25.7 Å². The van der Waals surface area contributed by atoms with E-state index in [1.807, 2.05) is 36.5 Å². The predicted octanol–water partition coefficient (Wildman–Crippen LogP) is 3.55. The third-order valence-electron chi connectivity index (χ3n) is 4.14. The highest BCUT2D eigenvalue weighted by atomic mass is 127. The topological polar surface area (TPSA) is 77.5 Å². The molecule has 3 N–H and O–H groups in total. The molecule has 24 heavy (non-hydrogen) atoms. The van der Waals surface area contributed by atoms with E-state index < -0.39 is 0 Å². The van der Waals surface area contributed by atoms with Crippen molar-refractivity contribution in [2.75, 3.05) is 12.4 Å². The third kappa shape index (κ3) is 4.86. The maximum atomic E-state index is 5.93. The molecule has 0 bridgehead atoms. The van der Waals surface area contributed by atoms with Gasteiger partial charge in [0.15, 0.2) is 5.96 Å². The van der Waals surface area contributed by atoms with Gasteiger partial charge in [-0.05, 0) is 43.2 Å². The Kier molecular flexibility index (Phi) is 6.89. The van der Waals surface area contributed by atoms with Crippen molar-refractivity contribution in [3.05, 3.63) is 42.2 Å². The second kappa shape index (κ2) is 8.91. The standard InChI is InChI=1S/C17H23N5O.HI/c1-23-16-8-6-13(7-9-16)20-17(18)19-12-14-10-11-22(21-14)15-4-2-3-5-15;/h6-11,15H,2-5,12H2,1H3,(H3,18,19,20);1H. The number of nitrogens with two attached hydrogens (primary N) is 1. The van der Waals surface area contributed by atoms with Gasteiger partial charge in [-0.25, -0.2) is 4.99 Å². The minimum Gasteiger partial charge on any atom is -0.497 e. The molecule has 1 aliphatic rings. The summed E-state index contributed by atoms with van der Waals surface area (Å²) in [5.74, 6) is 1.19. The Morgan fingerprint density at radius 2 is 2.00 bits per heavy atom. The van der Waals surface area contributed by atoms with Crippen LogP contribution in [0.15, 0.2) is 41.5 Å². The number of rotatable bonds is 5. The van der Waals surface area contributed by atoms with E-state index in [-0.39, 0.29) is 24.0 Å². The Hall–Kier alpha value is -1.77. The van der Waals surface area contributed by atoms with Gasteiger partial charge in [0.05, 0.1) is 25.4 Å². The molecule has 6 nitrogen and oxygen atoms in total. The second-order valence-electron chi connectivity index (χ2n) is 5.78. The highest BCUT2D eigenvalue weighted by Crippen LogP contribution is 2.28. The minimum atomic E-state index is 0. The lowest BCUT2D eigenvalue weighted by molar-refractivity contribution is 0.415. The summed E-state index contributed by atoms with van der Waals surface area (Å²) in [4.78, 5) is 4.35. The summed E-state index contributed by atoms with van der Waals surface area (Å²) in [6.07, 6.45) is 7.11. The van der Waals surface area contributed by atoms with E-state index in [2.05, 4.69) is 20.1 Å². The number of benzene rings is 1. The number of nitrogens with zero attached hydrogens (tertiary/aromatic N) is 3. The van der Waals surface area contributed by atoms with Crippen molar-refractivity contribution in [2.24, 2.45) is 10.7 Å². The van der Waals surface area contributed by atoms with Gasteiger partial charge in [-0.15, -0.1) is 24.0 Å². The molecule has 130 valence electrons. The summed E-state index contributed by atoms with van der Waals surface area (Å²) < 4.78 is 7.20. The number of methoxy groups -OCH3 is 1. The molecule has 1 heterocycles. The molecule has 0 aliphatic heterocycles. The fourth-order valence-electron chi connectivity index (χ4n) is 2.86. The van der Waals surface area contributed by atoms with Crippen molar-refractivity contribution >= 4 is 35.6 Å². The van der Waals surface area contributed by atoms with Crippen LogP contribution in [-0.2, 0) is 6.54 Å². The molecule has 1 aromatic carbocycles. The first kappa shape index (κ1) is 18.6. The zero-order valence-electron chi connectivity index (χ0n) is 13.8. The van der Waals surface area contributed by atoms with Crippen LogP contribution in [0.5, 0.6) is 5.75 Å². The van der Waals surface area contributed by atoms with Crippen LogP contribution in [0.25, 0.3) is 0 Å². The Labute approximate surface area is 159 Å². The van der Waals surface area contributed by atoms with Crippen molar-refractivity contribution in [3.63, 3.8) is 0 Å². The maximum absolute atomic E-state index is 5.93. The monoisotopic (exact) mass is 441 g/mol. The Balaban J connectivity index is 0.00000208. The van der Waals surface area contributed by atoms with Crippen LogP contribution in [0.1, 0.15) is 37.4 Å². The zero-order chi connectivity index (χ0) is 16.1. The quantitative estimate of drug-likeness (QED) is 0.423. The molecule has 3 rings (SSSR count). The first-order valence-corrected chi connectivity index (χ1v) is 7.99. The van der Waals surface area contributed by atoms with Crippen LogP contribution < -0.4 is 15.8 Å². The van der Waals surface area contributed by atoms with E-state index in [9.17, 15) is 0 Å². The molecule has 0 atom stereocenters. The lowest BCUT2D eigenvalue weighted by atomic mass is 10.3. The van der Waals surface area contributed by atoms with Crippen LogP contribution in [0.2, 0.25) is 0 Å². The number of hydrogen-bond acceptors (Lipinski definition) is 3. The number of halogens is 1. The fourth-order valence-corrected chi connectivity index (χ4v) is 2.86. The second-order valence-corrected chi connectivity index (χ2v) is 5.78. The number of ether oxygens (including phenoxy) is 1. The summed E-state index contributed by atoms with van der Waals surface area (Å²) in [7, 11) is 1.64. The molecular formula is C17H24IN5O. The van der Waals surface area contributed by atoms with Crippen LogP contribution in [0.3, 0.4) is 0 Å². The van der Waals surface area contributed by atoms with E-state index in [0.717, 1.165) is 17.1 Å². The highest BCUT2D eigenvalue weighted by molar-refractivity contribution is 14.0. The number of hydrogen-bond donors (Lipinski definition) is 2. The molecule has 0 radical (unpaired) electrons. The van der Waals surface area contributed by atoms with E-state index in [0.29, 0.717) is 18.5 Å². The van der Waals surface area contributed by atoms with Gasteiger partial charge in [-0.3, -0.25) is 4.68 Å². The molecule has 2 aromatic rings. The molecule has 1 aromatic heterocycles. The first-order valence-electron chi connectivity index (χ1n) is 7.99. The van der Waals surface area contributed by atoms with Crippen molar-refractivity contribution in [1.82, 2.24) is 9.78 Å². The summed E-state index contributed by atoms with van der Waals surface area (Å²) in [6, 6.07) is 10.1. The summed E-state index contributed by atoms with van der Waals surface area (Å²) in [5, 5.41) is 7.67. The van der Waals surface area contributed by atoms with Gasteiger partial charge in [0.1, 0.15) is 5.75 Å². The fraction of sp³-hybridized carbons (Fsp3) is 0.412. The number of nitrogens with one attached hydrogen (secondary N) is 1. The van der Waals surface area contributed by atoms with E-state index in [4.69, 9.17) is 10.5 Å². The lowest BCUT2D eigenvalue weighted by Crippen LogP contribution is -2.22. The smallest absolute Gasteiger partial charge is 0.193 e. The third-order valence-corrected chi connectivity index (χ3v) is 4.14. The van der Waals surface area contributed by atoms with Gasteiger partial charge in [-0.1, -0.05) is 12.8 Å². The molecule has 1 aliphatic carbocycles. The van der Waals surface area contributed by atoms with Crippen LogP contribution in [-0.4, -0.2) is 22.8 Å². The number of anilines is 1. The summed E-state index contributed by atoms with van der Waals surface area (Å²) in [5.41, 5.74) is 7.75. The first-order chi connectivity index (χ1) is 11.2. The Morgan fingerprint density at radius 1 is 1.29 bits per heavy atom. The molecule has 1 saturated carbocycles. The maximum Gasteiger partial charge on any atom is 0.193 e. The molecule has 0 spiro atoms.